The molecule has 0 amide bonds. The van der Waals surface area contributed by atoms with Gasteiger partial charge in [0.05, 0.1) is 11.4 Å². The molecule has 0 radical (unpaired) electrons. The zero-order chi connectivity index (χ0) is 23.2. The standard InChI is InChI=1S/C23H24N8O2/c1-3-23(32,16-4-6-31(33)7-5-16)20-9-19(28-22(24)29-20)18-12-26-21-17(18)8-14(10-25-21)15-11-27-30(2)13-15/h4-12,15,32H,3,13H2,1-2H3,(H,25,26)(H2,24,28,29). The molecule has 2 atom stereocenters. The van der Waals surface area contributed by atoms with Crippen molar-refractivity contribution in [3.63, 3.8) is 0 Å². The predicted octanol–water partition coefficient (Wildman–Crippen LogP) is 1.90. The van der Waals surface area contributed by atoms with Crippen LogP contribution in [0.3, 0.4) is 0 Å². The number of aliphatic hydroxyl groups is 1. The van der Waals surface area contributed by atoms with Crippen molar-refractivity contribution < 1.29 is 9.84 Å². The van der Waals surface area contributed by atoms with E-state index in [4.69, 9.17) is 5.73 Å². The van der Waals surface area contributed by atoms with E-state index in [1.54, 1.807) is 18.2 Å². The maximum atomic E-state index is 11.5. The number of anilines is 1. The molecule has 4 N–H and O–H groups in total. The Labute approximate surface area is 190 Å². The minimum absolute atomic E-state index is 0.0483. The number of nitrogens with one attached hydrogen (secondary N) is 1. The first-order valence-corrected chi connectivity index (χ1v) is 10.7. The van der Waals surface area contributed by atoms with E-state index in [1.165, 1.54) is 12.4 Å². The quantitative estimate of drug-likeness (QED) is 0.315. The Kier molecular flexibility index (Phi) is 4.94. The molecule has 0 saturated heterocycles. The minimum atomic E-state index is -1.43. The van der Waals surface area contributed by atoms with E-state index in [2.05, 4.69) is 31.1 Å². The first-order valence-electron chi connectivity index (χ1n) is 10.7. The van der Waals surface area contributed by atoms with Crippen LogP contribution >= 0.6 is 0 Å². The van der Waals surface area contributed by atoms with Gasteiger partial charge >= 0.3 is 0 Å². The number of hydrogen-bond acceptors (Lipinski definition) is 8. The summed E-state index contributed by atoms with van der Waals surface area (Å²) in [5.41, 5.74) is 8.71. The summed E-state index contributed by atoms with van der Waals surface area (Å²) in [7, 11) is 1.94. The molecule has 1 aliphatic rings. The number of hydrazone groups is 1. The van der Waals surface area contributed by atoms with E-state index < -0.39 is 5.60 Å². The summed E-state index contributed by atoms with van der Waals surface area (Å²) in [6, 6.07) is 6.98. The molecule has 1 aliphatic heterocycles. The van der Waals surface area contributed by atoms with Crippen LogP contribution in [-0.4, -0.2) is 49.9 Å². The van der Waals surface area contributed by atoms with Crippen LogP contribution in [-0.2, 0) is 5.60 Å². The van der Waals surface area contributed by atoms with Gasteiger partial charge in [0.1, 0.15) is 11.2 Å². The van der Waals surface area contributed by atoms with Crippen LogP contribution in [0.25, 0.3) is 22.3 Å². The third kappa shape index (κ3) is 3.64. The number of hydrogen-bond donors (Lipinski definition) is 3. The lowest BCUT2D eigenvalue weighted by Gasteiger charge is -2.26. The number of fused-ring (bicyclic) bond motifs is 1. The molecule has 10 heteroatoms. The zero-order valence-electron chi connectivity index (χ0n) is 18.3. The van der Waals surface area contributed by atoms with E-state index in [9.17, 15) is 10.3 Å². The summed E-state index contributed by atoms with van der Waals surface area (Å²) in [6.45, 7) is 2.64. The zero-order valence-corrected chi connectivity index (χ0v) is 18.3. The van der Waals surface area contributed by atoms with Crippen LogP contribution in [0.15, 0.2) is 54.2 Å². The van der Waals surface area contributed by atoms with Crippen molar-refractivity contribution in [3.8, 4) is 11.3 Å². The SMILES string of the molecule is CCC(O)(c1cc[n+]([O-])cc1)c1cc(-c2c[nH]c3ncc(C4C=NN(C)C4)cc23)nc(N)n1. The molecule has 4 aromatic heterocycles. The van der Waals surface area contributed by atoms with Gasteiger partial charge in [-0.3, -0.25) is 5.01 Å². The maximum Gasteiger partial charge on any atom is 0.220 e. The van der Waals surface area contributed by atoms with Crippen molar-refractivity contribution in [2.24, 2.45) is 5.10 Å². The molecular weight excluding hydrogens is 420 g/mol. The van der Waals surface area contributed by atoms with Crippen molar-refractivity contribution >= 4 is 23.2 Å². The fraction of sp³-hybridized carbons (Fsp3) is 0.261. The van der Waals surface area contributed by atoms with Crippen LogP contribution in [0, 0.1) is 5.21 Å². The predicted molar refractivity (Wildman–Crippen MR) is 124 cm³/mol. The topological polar surface area (TPSA) is 143 Å². The third-order valence-electron chi connectivity index (χ3n) is 6.12. The lowest BCUT2D eigenvalue weighted by Crippen LogP contribution is -2.31. The second-order valence-electron chi connectivity index (χ2n) is 8.24. The van der Waals surface area contributed by atoms with Gasteiger partial charge in [0.25, 0.3) is 0 Å². The highest BCUT2D eigenvalue weighted by molar-refractivity contribution is 5.93. The molecule has 0 aromatic carbocycles. The normalized spacial score (nSPS) is 17.5. The first-order chi connectivity index (χ1) is 15.9. The van der Waals surface area contributed by atoms with Gasteiger partial charge in [-0.15, -0.1) is 0 Å². The van der Waals surface area contributed by atoms with E-state index in [-0.39, 0.29) is 11.9 Å². The minimum Gasteiger partial charge on any atom is -0.619 e. The summed E-state index contributed by atoms with van der Waals surface area (Å²) in [6.07, 6.45) is 8.63. The molecule has 0 spiro atoms. The van der Waals surface area contributed by atoms with Crippen molar-refractivity contribution in [1.29, 1.82) is 0 Å². The molecule has 33 heavy (non-hydrogen) atoms. The van der Waals surface area contributed by atoms with E-state index in [0.717, 1.165) is 28.7 Å². The lowest BCUT2D eigenvalue weighted by atomic mass is 9.87. The lowest BCUT2D eigenvalue weighted by molar-refractivity contribution is -0.605. The largest absolute Gasteiger partial charge is 0.619 e. The monoisotopic (exact) mass is 444 g/mol. The van der Waals surface area contributed by atoms with Crippen LogP contribution < -0.4 is 10.5 Å². The van der Waals surface area contributed by atoms with Gasteiger partial charge in [-0.1, -0.05) is 6.92 Å². The van der Waals surface area contributed by atoms with E-state index in [0.29, 0.717) is 28.1 Å². The van der Waals surface area contributed by atoms with Crippen molar-refractivity contribution in [2.75, 3.05) is 19.3 Å². The molecule has 2 unspecified atom stereocenters. The fourth-order valence-electron chi connectivity index (χ4n) is 4.24. The van der Waals surface area contributed by atoms with Crippen molar-refractivity contribution in [1.82, 2.24) is 24.9 Å². The molecule has 10 nitrogen and oxygen atoms in total. The number of nitrogens with two attached hydrogens (primary N) is 1. The Bertz CT molecular complexity index is 1350. The smallest absolute Gasteiger partial charge is 0.220 e. The van der Waals surface area contributed by atoms with Crippen LogP contribution in [0.4, 0.5) is 5.95 Å². The summed E-state index contributed by atoms with van der Waals surface area (Å²) in [4.78, 5) is 16.5. The van der Waals surface area contributed by atoms with E-state index >= 15 is 0 Å². The number of H-pyrrole nitrogens is 1. The Morgan fingerprint density at radius 2 is 2.09 bits per heavy atom. The second kappa shape index (κ2) is 7.82. The molecular formula is C23H24N8O2. The summed E-state index contributed by atoms with van der Waals surface area (Å²) in [5, 5.41) is 30.1. The highest BCUT2D eigenvalue weighted by Gasteiger charge is 2.33. The Hall–Kier alpha value is -4.05. The number of rotatable bonds is 5. The first kappa shape index (κ1) is 20.8. The number of aromatic amines is 1. The van der Waals surface area contributed by atoms with Crippen LogP contribution in [0.2, 0.25) is 0 Å². The average Bonchev–Trinajstić information content (AvgIpc) is 3.44. The highest BCUT2D eigenvalue weighted by atomic mass is 16.5. The Morgan fingerprint density at radius 1 is 1.30 bits per heavy atom. The Morgan fingerprint density at radius 3 is 2.79 bits per heavy atom. The van der Waals surface area contributed by atoms with Crippen LogP contribution in [0.5, 0.6) is 0 Å². The second-order valence-corrected chi connectivity index (χ2v) is 8.24. The summed E-state index contributed by atoms with van der Waals surface area (Å²) in [5.74, 6) is 0.208. The maximum absolute atomic E-state index is 11.5. The van der Waals surface area contributed by atoms with Gasteiger partial charge in [-0.25, -0.2) is 15.0 Å². The molecule has 4 aromatic rings. The molecule has 5 heterocycles. The molecule has 5 rings (SSSR count). The van der Waals surface area contributed by atoms with Gasteiger partial charge in [0, 0.05) is 66.8 Å². The fourth-order valence-corrected chi connectivity index (χ4v) is 4.24. The molecule has 168 valence electrons. The van der Waals surface area contributed by atoms with Crippen LogP contribution in [0.1, 0.15) is 36.1 Å². The number of pyridine rings is 2. The molecule has 0 saturated carbocycles. The van der Waals surface area contributed by atoms with Gasteiger partial charge in [0.2, 0.25) is 5.95 Å². The summed E-state index contributed by atoms with van der Waals surface area (Å²) < 4.78 is 0.669. The molecule has 0 bridgehead atoms. The molecule has 0 aliphatic carbocycles. The highest BCUT2D eigenvalue weighted by Crippen LogP contribution is 2.35. The molecule has 0 fully saturated rings. The van der Waals surface area contributed by atoms with Gasteiger partial charge in [0.15, 0.2) is 12.4 Å². The number of likely N-dealkylation sites (N-methyl/N-ethyl adjacent to an activating group) is 1. The Balaban J connectivity index is 1.60. The third-order valence-corrected chi connectivity index (χ3v) is 6.12. The number of nitrogen functional groups attached to an aromatic ring is 1. The average molecular weight is 444 g/mol. The van der Waals surface area contributed by atoms with Gasteiger partial charge < -0.3 is 21.0 Å². The van der Waals surface area contributed by atoms with Gasteiger partial charge in [-0.05, 0) is 24.1 Å². The van der Waals surface area contributed by atoms with E-state index in [1.807, 2.05) is 37.6 Å². The van der Waals surface area contributed by atoms with Crippen molar-refractivity contribution in [3.05, 3.63) is 71.1 Å². The number of nitrogens with zero attached hydrogens (tertiary/aromatic N) is 6. The van der Waals surface area contributed by atoms with Crippen molar-refractivity contribution in [2.45, 2.75) is 24.9 Å². The summed E-state index contributed by atoms with van der Waals surface area (Å²) >= 11 is 0. The van der Waals surface area contributed by atoms with Gasteiger partial charge in [-0.2, -0.15) is 9.83 Å². The number of aromatic nitrogens is 5.